The number of hydrogen-bond donors (Lipinski definition) is 2. The Morgan fingerprint density at radius 1 is 1.45 bits per heavy atom. The van der Waals surface area contributed by atoms with Crippen molar-refractivity contribution in [2.24, 2.45) is 11.8 Å². The molecule has 0 saturated carbocycles. The van der Waals surface area contributed by atoms with E-state index in [1.54, 1.807) is 0 Å². The van der Waals surface area contributed by atoms with E-state index in [1.807, 2.05) is 11.8 Å². The van der Waals surface area contributed by atoms with Crippen molar-refractivity contribution in [1.29, 1.82) is 0 Å². The monoisotopic (exact) mass is 350 g/mol. The highest BCUT2D eigenvalue weighted by Gasteiger charge is 2.32. The Bertz CT molecular complexity index is 332. The normalized spacial score (nSPS) is 25.8. The van der Waals surface area contributed by atoms with Crippen molar-refractivity contribution in [1.82, 2.24) is 10.6 Å². The standard InChI is InChI=1S/C16H30N2O2S.ClH/c1-13(14-4-3-7-17-11-14)10-15(19)18-12-16(21-2)5-8-20-9-6-16;/h13-14,17H,3-12H2,1-2H3,(H,18,19);1H. The number of halogens is 1. The Balaban J connectivity index is 0.00000242. The summed E-state index contributed by atoms with van der Waals surface area (Å²) in [6.07, 6.45) is 7.38. The quantitative estimate of drug-likeness (QED) is 0.772. The number of rotatable bonds is 6. The molecule has 130 valence electrons. The van der Waals surface area contributed by atoms with Crippen molar-refractivity contribution in [3.63, 3.8) is 0 Å². The molecule has 0 spiro atoms. The largest absolute Gasteiger partial charge is 0.381 e. The zero-order valence-electron chi connectivity index (χ0n) is 13.9. The summed E-state index contributed by atoms with van der Waals surface area (Å²) in [5.74, 6) is 1.34. The van der Waals surface area contributed by atoms with E-state index in [0.29, 0.717) is 18.3 Å². The third-order valence-corrected chi connectivity index (χ3v) is 6.51. The van der Waals surface area contributed by atoms with Crippen LogP contribution < -0.4 is 10.6 Å². The molecule has 2 aliphatic heterocycles. The van der Waals surface area contributed by atoms with Gasteiger partial charge in [-0.25, -0.2) is 0 Å². The van der Waals surface area contributed by atoms with Crippen LogP contribution in [0.25, 0.3) is 0 Å². The lowest BCUT2D eigenvalue weighted by molar-refractivity contribution is -0.122. The van der Waals surface area contributed by atoms with Crippen molar-refractivity contribution >= 4 is 30.1 Å². The van der Waals surface area contributed by atoms with Gasteiger partial charge >= 0.3 is 0 Å². The van der Waals surface area contributed by atoms with E-state index in [0.717, 1.165) is 45.7 Å². The number of nitrogens with one attached hydrogen (secondary N) is 2. The maximum atomic E-state index is 12.2. The fourth-order valence-electron chi connectivity index (χ4n) is 3.35. The summed E-state index contributed by atoms with van der Waals surface area (Å²) in [5, 5.41) is 6.62. The molecule has 1 amide bonds. The van der Waals surface area contributed by atoms with Crippen molar-refractivity contribution in [3.05, 3.63) is 0 Å². The van der Waals surface area contributed by atoms with Gasteiger partial charge in [0.2, 0.25) is 5.91 Å². The number of carbonyl (C=O) groups excluding carboxylic acids is 1. The van der Waals surface area contributed by atoms with Crippen molar-refractivity contribution < 1.29 is 9.53 Å². The summed E-state index contributed by atoms with van der Waals surface area (Å²) in [6, 6.07) is 0. The number of amides is 1. The van der Waals surface area contributed by atoms with E-state index in [-0.39, 0.29) is 23.1 Å². The summed E-state index contributed by atoms with van der Waals surface area (Å²) < 4.78 is 5.63. The fourth-order valence-corrected chi connectivity index (χ4v) is 4.14. The van der Waals surface area contributed by atoms with Gasteiger partial charge in [0, 0.05) is 30.9 Å². The van der Waals surface area contributed by atoms with Gasteiger partial charge in [0.25, 0.3) is 0 Å². The second-order valence-electron chi connectivity index (χ2n) is 6.56. The minimum atomic E-state index is 0. The van der Waals surface area contributed by atoms with Crippen LogP contribution in [0.4, 0.5) is 0 Å². The molecular formula is C16H31ClN2O2S. The topological polar surface area (TPSA) is 50.4 Å². The molecule has 0 aromatic carbocycles. The average Bonchev–Trinajstić information content (AvgIpc) is 2.54. The lowest BCUT2D eigenvalue weighted by Crippen LogP contribution is -2.45. The second-order valence-corrected chi connectivity index (χ2v) is 7.84. The molecule has 2 rings (SSSR count). The van der Waals surface area contributed by atoms with E-state index >= 15 is 0 Å². The Morgan fingerprint density at radius 3 is 2.77 bits per heavy atom. The Hall–Kier alpha value is 0.0300. The Morgan fingerprint density at radius 2 is 2.18 bits per heavy atom. The molecule has 0 aliphatic carbocycles. The molecular weight excluding hydrogens is 320 g/mol. The predicted molar refractivity (Wildman–Crippen MR) is 95.9 cm³/mol. The SMILES string of the molecule is CSC1(CNC(=O)CC(C)C2CCCNC2)CCOCC1.Cl. The Labute approximate surface area is 145 Å². The van der Waals surface area contributed by atoms with Gasteiger partial charge in [-0.15, -0.1) is 12.4 Å². The molecule has 0 aromatic rings. The molecule has 2 unspecified atom stereocenters. The molecule has 0 aromatic heterocycles. The van der Waals surface area contributed by atoms with Crippen LogP contribution in [-0.2, 0) is 9.53 Å². The number of carbonyl (C=O) groups is 1. The van der Waals surface area contributed by atoms with Crippen molar-refractivity contribution in [2.75, 3.05) is 39.1 Å². The molecule has 2 aliphatic rings. The number of hydrogen-bond acceptors (Lipinski definition) is 4. The smallest absolute Gasteiger partial charge is 0.220 e. The first-order valence-corrected chi connectivity index (χ1v) is 9.48. The van der Waals surface area contributed by atoms with E-state index in [4.69, 9.17) is 4.74 Å². The van der Waals surface area contributed by atoms with E-state index in [2.05, 4.69) is 23.8 Å². The lowest BCUT2D eigenvalue weighted by Gasteiger charge is -2.36. The molecule has 2 N–H and O–H groups in total. The third-order valence-electron chi connectivity index (χ3n) is 5.09. The van der Waals surface area contributed by atoms with E-state index in [9.17, 15) is 4.79 Å². The highest BCUT2D eigenvalue weighted by Crippen LogP contribution is 2.33. The van der Waals surface area contributed by atoms with Crippen molar-refractivity contribution in [2.45, 2.75) is 43.8 Å². The summed E-state index contributed by atoms with van der Waals surface area (Å²) in [6.45, 7) is 6.85. The van der Waals surface area contributed by atoms with Crippen LogP contribution in [0.15, 0.2) is 0 Å². The van der Waals surface area contributed by atoms with Gasteiger partial charge in [0.1, 0.15) is 0 Å². The third kappa shape index (κ3) is 5.91. The maximum absolute atomic E-state index is 12.2. The molecule has 2 fully saturated rings. The molecule has 2 atom stereocenters. The highest BCUT2D eigenvalue weighted by molar-refractivity contribution is 8.00. The van der Waals surface area contributed by atoms with Crippen molar-refractivity contribution in [3.8, 4) is 0 Å². The zero-order chi connectivity index (χ0) is 15.1. The van der Waals surface area contributed by atoms with Crippen LogP contribution in [0.3, 0.4) is 0 Å². The summed E-state index contributed by atoms with van der Waals surface area (Å²) >= 11 is 1.88. The lowest BCUT2D eigenvalue weighted by atomic mass is 9.85. The van der Waals surface area contributed by atoms with Gasteiger partial charge in [-0.1, -0.05) is 6.92 Å². The number of ether oxygens (including phenoxy) is 1. The molecule has 6 heteroatoms. The van der Waals surface area contributed by atoms with Gasteiger partial charge < -0.3 is 15.4 Å². The molecule has 0 radical (unpaired) electrons. The van der Waals surface area contributed by atoms with Crippen LogP contribution in [0.2, 0.25) is 0 Å². The number of piperidine rings is 1. The van der Waals surface area contributed by atoms with E-state index in [1.165, 1.54) is 12.8 Å². The van der Waals surface area contributed by atoms with Gasteiger partial charge in [0.15, 0.2) is 0 Å². The van der Waals surface area contributed by atoms with Crippen LogP contribution in [-0.4, -0.2) is 49.8 Å². The second kappa shape index (κ2) is 10.0. The minimum Gasteiger partial charge on any atom is -0.381 e. The van der Waals surface area contributed by atoms with E-state index < -0.39 is 0 Å². The van der Waals surface area contributed by atoms with Gasteiger partial charge in [-0.3, -0.25) is 4.79 Å². The maximum Gasteiger partial charge on any atom is 0.220 e. The summed E-state index contributed by atoms with van der Waals surface area (Å²) in [4.78, 5) is 12.2. The average molecular weight is 351 g/mol. The minimum absolute atomic E-state index is 0. The van der Waals surface area contributed by atoms with Gasteiger partial charge in [-0.2, -0.15) is 11.8 Å². The summed E-state index contributed by atoms with van der Waals surface area (Å²) in [5.41, 5.74) is 0. The number of thioether (sulfide) groups is 1. The summed E-state index contributed by atoms with van der Waals surface area (Å²) in [7, 11) is 0. The van der Waals surface area contributed by atoms with Gasteiger partial charge in [0.05, 0.1) is 0 Å². The fraction of sp³-hybridized carbons (Fsp3) is 0.938. The van der Waals surface area contributed by atoms with Crippen LogP contribution in [0.1, 0.15) is 39.0 Å². The first-order chi connectivity index (χ1) is 10.2. The van der Waals surface area contributed by atoms with Gasteiger partial charge in [-0.05, 0) is 56.9 Å². The molecule has 0 bridgehead atoms. The highest BCUT2D eigenvalue weighted by atomic mass is 35.5. The van der Waals surface area contributed by atoms with Crippen LogP contribution >= 0.6 is 24.2 Å². The van der Waals surface area contributed by atoms with Crippen LogP contribution in [0.5, 0.6) is 0 Å². The molecule has 4 nitrogen and oxygen atoms in total. The Kier molecular flexibility index (Phi) is 9.14. The van der Waals surface area contributed by atoms with Crippen LogP contribution in [0, 0.1) is 11.8 Å². The molecule has 2 heterocycles. The predicted octanol–water partition coefficient (Wildman–Crippen LogP) is 2.46. The molecule has 22 heavy (non-hydrogen) atoms. The first kappa shape index (κ1) is 20.1. The zero-order valence-corrected chi connectivity index (χ0v) is 15.5. The first-order valence-electron chi connectivity index (χ1n) is 8.25. The molecule has 2 saturated heterocycles.